The van der Waals surface area contributed by atoms with E-state index in [4.69, 9.17) is 4.42 Å². The van der Waals surface area contributed by atoms with Gasteiger partial charge in [-0.2, -0.15) is 0 Å². The zero-order valence-electron chi connectivity index (χ0n) is 10.6. The zero-order valence-corrected chi connectivity index (χ0v) is 10.6. The van der Waals surface area contributed by atoms with E-state index in [0.717, 1.165) is 11.3 Å². The molecule has 0 spiro atoms. The molecule has 2 aromatic rings. The summed E-state index contributed by atoms with van der Waals surface area (Å²) in [5.74, 6) is 0.588. The van der Waals surface area contributed by atoms with E-state index in [1.54, 1.807) is 13.2 Å². The third-order valence-electron chi connectivity index (χ3n) is 2.65. The lowest BCUT2D eigenvalue weighted by Gasteiger charge is -2.04. The van der Waals surface area contributed by atoms with Crippen molar-refractivity contribution in [2.24, 2.45) is 0 Å². The summed E-state index contributed by atoms with van der Waals surface area (Å²) in [7, 11) is 0. The molecule has 1 N–H and O–H groups in total. The molecular formula is C14H16N2O2. The molecule has 0 fully saturated rings. The lowest BCUT2D eigenvalue weighted by Crippen LogP contribution is -2.25. The van der Waals surface area contributed by atoms with Crippen LogP contribution in [0.3, 0.4) is 0 Å². The maximum Gasteiger partial charge on any atom is 0.251 e. The van der Waals surface area contributed by atoms with Crippen LogP contribution in [0.15, 0.2) is 34.9 Å². The van der Waals surface area contributed by atoms with Crippen molar-refractivity contribution >= 4 is 5.91 Å². The van der Waals surface area contributed by atoms with Gasteiger partial charge >= 0.3 is 0 Å². The van der Waals surface area contributed by atoms with Crippen LogP contribution in [0.4, 0.5) is 0 Å². The highest BCUT2D eigenvalue weighted by atomic mass is 16.3. The van der Waals surface area contributed by atoms with Gasteiger partial charge in [-0.1, -0.05) is 17.7 Å². The van der Waals surface area contributed by atoms with Crippen LogP contribution in [0.25, 0.3) is 0 Å². The van der Waals surface area contributed by atoms with Gasteiger partial charge in [0, 0.05) is 25.5 Å². The summed E-state index contributed by atoms with van der Waals surface area (Å²) >= 11 is 0. The number of carbonyl (C=O) groups is 1. The number of rotatable bonds is 4. The van der Waals surface area contributed by atoms with E-state index in [0.29, 0.717) is 24.4 Å². The molecule has 0 radical (unpaired) electrons. The van der Waals surface area contributed by atoms with E-state index in [1.165, 1.54) is 0 Å². The quantitative estimate of drug-likeness (QED) is 0.897. The molecule has 0 aliphatic carbocycles. The molecule has 0 saturated heterocycles. The predicted molar refractivity (Wildman–Crippen MR) is 68.5 cm³/mol. The molecule has 0 atom stereocenters. The summed E-state index contributed by atoms with van der Waals surface area (Å²) in [5, 5.41) is 2.86. The van der Waals surface area contributed by atoms with E-state index in [-0.39, 0.29) is 5.91 Å². The van der Waals surface area contributed by atoms with Crippen molar-refractivity contribution in [2.45, 2.75) is 20.3 Å². The zero-order chi connectivity index (χ0) is 13.0. The van der Waals surface area contributed by atoms with Gasteiger partial charge in [0.1, 0.15) is 6.26 Å². The number of aryl methyl sites for hydroxylation is 2. The average molecular weight is 244 g/mol. The van der Waals surface area contributed by atoms with Crippen LogP contribution in [0, 0.1) is 13.8 Å². The SMILES string of the molecule is Cc1ccc(C(=O)NCCc2coc(C)n2)cc1. The Balaban J connectivity index is 1.83. The molecule has 4 heteroatoms. The number of hydrogen-bond donors (Lipinski definition) is 1. The van der Waals surface area contributed by atoms with Crippen LogP contribution < -0.4 is 5.32 Å². The fourth-order valence-corrected chi connectivity index (χ4v) is 1.63. The molecule has 0 unspecified atom stereocenters. The number of oxazole rings is 1. The first kappa shape index (κ1) is 12.4. The molecule has 1 amide bonds. The van der Waals surface area contributed by atoms with Gasteiger partial charge in [-0.3, -0.25) is 4.79 Å². The first-order valence-electron chi connectivity index (χ1n) is 5.91. The largest absolute Gasteiger partial charge is 0.449 e. The molecule has 1 aromatic heterocycles. The molecule has 4 nitrogen and oxygen atoms in total. The Labute approximate surface area is 106 Å². The van der Waals surface area contributed by atoms with Crippen LogP contribution in [0.2, 0.25) is 0 Å². The van der Waals surface area contributed by atoms with Gasteiger partial charge in [-0.15, -0.1) is 0 Å². The molecule has 0 aliphatic heterocycles. The highest BCUT2D eigenvalue weighted by Gasteiger charge is 2.05. The van der Waals surface area contributed by atoms with E-state index < -0.39 is 0 Å². The van der Waals surface area contributed by atoms with Gasteiger partial charge in [0.05, 0.1) is 5.69 Å². The average Bonchev–Trinajstić information content (AvgIpc) is 2.76. The first-order chi connectivity index (χ1) is 8.65. The second-order valence-electron chi connectivity index (χ2n) is 4.23. The van der Waals surface area contributed by atoms with Gasteiger partial charge in [0.2, 0.25) is 0 Å². The molecule has 0 bridgehead atoms. The minimum Gasteiger partial charge on any atom is -0.449 e. The lowest BCUT2D eigenvalue weighted by atomic mass is 10.1. The fraction of sp³-hybridized carbons (Fsp3) is 0.286. The Morgan fingerprint density at radius 3 is 2.61 bits per heavy atom. The van der Waals surface area contributed by atoms with E-state index in [9.17, 15) is 4.79 Å². The van der Waals surface area contributed by atoms with Crippen LogP contribution in [0.1, 0.15) is 27.5 Å². The lowest BCUT2D eigenvalue weighted by molar-refractivity contribution is 0.0954. The second-order valence-corrected chi connectivity index (χ2v) is 4.23. The Bertz CT molecular complexity index is 529. The van der Waals surface area contributed by atoms with Crippen molar-refractivity contribution in [3.8, 4) is 0 Å². The molecule has 1 aromatic carbocycles. The molecule has 94 valence electrons. The van der Waals surface area contributed by atoms with Crippen molar-refractivity contribution in [3.05, 3.63) is 53.2 Å². The number of benzene rings is 1. The Hall–Kier alpha value is -2.10. The summed E-state index contributed by atoms with van der Waals surface area (Å²) in [5.41, 5.74) is 2.68. The first-order valence-corrected chi connectivity index (χ1v) is 5.91. The predicted octanol–water partition coefficient (Wildman–Crippen LogP) is 2.26. The summed E-state index contributed by atoms with van der Waals surface area (Å²) < 4.78 is 5.10. The van der Waals surface area contributed by atoms with Gasteiger partial charge in [-0.05, 0) is 19.1 Å². The topological polar surface area (TPSA) is 55.1 Å². The number of nitrogens with one attached hydrogen (secondary N) is 1. The van der Waals surface area contributed by atoms with E-state index in [2.05, 4.69) is 10.3 Å². The summed E-state index contributed by atoms with van der Waals surface area (Å²) in [4.78, 5) is 16.0. The van der Waals surface area contributed by atoms with Crippen LogP contribution in [-0.2, 0) is 6.42 Å². The third-order valence-corrected chi connectivity index (χ3v) is 2.65. The minimum atomic E-state index is -0.0600. The maximum absolute atomic E-state index is 11.8. The van der Waals surface area contributed by atoms with Gasteiger partial charge in [0.15, 0.2) is 5.89 Å². The highest BCUT2D eigenvalue weighted by molar-refractivity contribution is 5.94. The highest BCUT2D eigenvalue weighted by Crippen LogP contribution is 2.03. The Morgan fingerprint density at radius 2 is 2.00 bits per heavy atom. The Morgan fingerprint density at radius 1 is 1.28 bits per heavy atom. The summed E-state index contributed by atoms with van der Waals surface area (Å²) in [6.07, 6.45) is 2.29. The fourth-order valence-electron chi connectivity index (χ4n) is 1.63. The van der Waals surface area contributed by atoms with Crippen LogP contribution in [-0.4, -0.2) is 17.4 Å². The summed E-state index contributed by atoms with van der Waals surface area (Å²) in [6, 6.07) is 7.50. The second kappa shape index (κ2) is 5.49. The van der Waals surface area contributed by atoms with Crippen molar-refractivity contribution in [2.75, 3.05) is 6.54 Å². The van der Waals surface area contributed by atoms with Gasteiger partial charge in [-0.25, -0.2) is 4.98 Å². The molecule has 2 rings (SSSR count). The normalized spacial score (nSPS) is 10.3. The molecular weight excluding hydrogens is 228 g/mol. The number of amides is 1. The molecule has 0 aliphatic rings. The van der Waals surface area contributed by atoms with Crippen molar-refractivity contribution < 1.29 is 9.21 Å². The Kier molecular flexibility index (Phi) is 3.77. The molecule has 0 saturated carbocycles. The van der Waals surface area contributed by atoms with Crippen LogP contribution >= 0.6 is 0 Å². The van der Waals surface area contributed by atoms with Crippen molar-refractivity contribution in [3.63, 3.8) is 0 Å². The maximum atomic E-state index is 11.8. The van der Waals surface area contributed by atoms with Gasteiger partial charge < -0.3 is 9.73 Å². The summed E-state index contributed by atoms with van der Waals surface area (Å²) in [6.45, 7) is 4.35. The monoisotopic (exact) mass is 244 g/mol. The standard InChI is InChI=1S/C14H16N2O2/c1-10-3-5-12(6-4-10)14(17)15-8-7-13-9-18-11(2)16-13/h3-6,9H,7-8H2,1-2H3,(H,15,17). The minimum absolute atomic E-state index is 0.0600. The van der Waals surface area contributed by atoms with Gasteiger partial charge in [0.25, 0.3) is 5.91 Å². The van der Waals surface area contributed by atoms with Crippen molar-refractivity contribution in [1.29, 1.82) is 0 Å². The third kappa shape index (κ3) is 3.20. The van der Waals surface area contributed by atoms with Crippen LogP contribution in [0.5, 0.6) is 0 Å². The number of carbonyl (C=O) groups excluding carboxylic acids is 1. The van der Waals surface area contributed by atoms with E-state index in [1.807, 2.05) is 31.2 Å². The number of hydrogen-bond acceptors (Lipinski definition) is 3. The van der Waals surface area contributed by atoms with E-state index >= 15 is 0 Å². The smallest absolute Gasteiger partial charge is 0.251 e. The van der Waals surface area contributed by atoms with Crippen molar-refractivity contribution in [1.82, 2.24) is 10.3 Å². The number of nitrogens with zero attached hydrogens (tertiary/aromatic N) is 1. The number of aromatic nitrogens is 1. The molecule has 1 heterocycles. The molecule has 18 heavy (non-hydrogen) atoms.